The van der Waals surface area contributed by atoms with E-state index >= 15 is 0 Å². The Morgan fingerprint density at radius 3 is 3.00 bits per heavy atom. The van der Waals surface area contributed by atoms with Gasteiger partial charge in [0.25, 0.3) is 0 Å². The zero-order chi connectivity index (χ0) is 11.3. The Morgan fingerprint density at radius 1 is 1.73 bits per heavy atom. The van der Waals surface area contributed by atoms with Crippen LogP contribution in [0.5, 0.6) is 0 Å². The average molecular weight is 205 g/mol. The highest BCUT2D eigenvalue weighted by molar-refractivity contribution is 5.80. The van der Waals surface area contributed by atoms with Crippen molar-refractivity contribution < 1.29 is 9.59 Å². The third-order valence-corrected chi connectivity index (χ3v) is 2.33. The van der Waals surface area contributed by atoms with E-state index in [0.717, 1.165) is 12.0 Å². The molecule has 0 spiro atoms. The Morgan fingerprint density at radius 2 is 2.47 bits per heavy atom. The molecule has 0 saturated heterocycles. The maximum atomic E-state index is 11.7. The summed E-state index contributed by atoms with van der Waals surface area (Å²) in [4.78, 5) is 23.7. The lowest BCUT2D eigenvalue weighted by Gasteiger charge is -2.21. The van der Waals surface area contributed by atoms with Gasteiger partial charge in [-0.15, -0.1) is 5.73 Å². The predicted molar refractivity (Wildman–Crippen MR) is 58.0 cm³/mol. The molecule has 0 bridgehead atoms. The van der Waals surface area contributed by atoms with Crippen LogP contribution in [0.1, 0.15) is 19.8 Å². The van der Waals surface area contributed by atoms with Crippen molar-refractivity contribution in [3.8, 4) is 0 Å². The number of rotatable bonds is 4. The molecule has 0 N–H and O–H groups in total. The van der Waals surface area contributed by atoms with Gasteiger partial charge in [0.05, 0.1) is 0 Å². The summed E-state index contributed by atoms with van der Waals surface area (Å²) >= 11 is 0. The molecule has 0 aromatic carbocycles. The molecule has 0 saturated carbocycles. The molecule has 1 aliphatic rings. The second-order valence-electron chi connectivity index (χ2n) is 3.67. The van der Waals surface area contributed by atoms with Crippen LogP contribution in [0.2, 0.25) is 0 Å². The van der Waals surface area contributed by atoms with Gasteiger partial charge in [0.15, 0.2) is 0 Å². The maximum absolute atomic E-state index is 11.7. The minimum absolute atomic E-state index is 0.0236. The molecule has 0 fully saturated rings. The monoisotopic (exact) mass is 205 g/mol. The molecular formula is C12H15NO2. The molecule has 1 atom stereocenters. The summed E-state index contributed by atoms with van der Waals surface area (Å²) in [7, 11) is 1.73. The molecule has 0 aromatic rings. The third-order valence-electron chi connectivity index (χ3n) is 2.33. The summed E-state index contributed by atoms with van der Waals surface area (Å²) in [6.07, 6.45) is 7.32. The van der Waals surface area contributed by atoms with Crippen LogP contribution < -0.4 is 0 Å². The van der Waals surface area contributed by atoms with Crippen LogP contribution >= 0.6 is 0 Å². The first kappa shape index (κ1) is 11.5. The molecule has 1 unspecified atom stereocenters. The molecule has 0 aromatic heterocycles. The number of hydrogen-bond donors (Lipinski definition) is 0. The van der Waals surface area contributed by atoms with Crippen LogP contribution in [0.15, 0.2) is 29.7 Å². The summed E-state index contributed by atoms with van der Waals surface area (Å²) in [6, 6.07) is 0. The number of allylic oxidation sites excluding steroid dienone is 2. The Bertz CT molecular complexity index is 349. The Kier molecular flexibility index (Phi) is 4.07. The maximum Gasteiger partial charge on any atom is 0.227 e. The highest BCUT2D eigenvalue weighted by atomic mass is 16.2. The fourth-order valence-electron chi connectivity index (χ4n) is 1.31. The van der Waals surface area contributed by atoms with Crippen molar-refractivity contribution in [2.24, 2.45) is 5.92 Å². The molecule has 1 aliphatic carbocycles. The Balaban J connectivity index is 2.57. The summed E-state index contributed by atoms with van der Waals surface area (Å²) in [5.74, 6) is -0.236. The van der Waals surface area contributed by atoms with Gasteiger partial charge in [-0.1, -0.05) is 6.92 Å². The van der Waals surface area contributed by atoms with Gasteiger partial charge in [-0.3, -0.25) is 4.79 Å². The highest BCUT2D eigenvalue weighted by Crippen LogP contribution is 2.13. The van der Waals surface area contributed by atoms with E-state index in [2.05, 4.69) is 5.73 Å². The Labute approximate surface area is 89.8 Å². The van der Waals surface area contributed by atoms with Crippen molar-refractivity contribution in [2.45, 2.75) is 19.8 Å². The van der Waals surface area contributed by atoms with Gasteiger partial charge < -0.3 is 9.69 Å². The second-order valence-corrected chi connectivity index (χ2v) is 3.67. The lowest BCUT2D eigenvalue weighted by Crippen LogP contribution is -2.27. The molecule has 15 heavy (non-hydrogen) atoms. The quantitative estimate of drug-likeness (QED) is 0.517. The summed E-state index contributed by atoms with van der Waals surface area (Å²) in [6.45, 7) is 1.74. The molecule has 0 aliphatic heterocycles. The first-order chi connectivity index (χ1) is 7.15. The molecule has 3 nitrogen and oxygen atoms in total. The fraction of sp³-hybridized carbons (Fsp3) is 0.417. The van der Waals surface area contributed by atoms with Gasteiger partial charge in [-0.25, -0.2) is 0 Å². The molecule has 80 valence electrons. The number of amides is 1. The number of nitrogens with zero attached hydrogens (tertiary/aromatic N) is 1. The first-order valence-electron chi connectivity index (χ1n) is 4.97. The van der Waals surface area contributed by atoms with Gasteiger partial charge in [-0.2, -0.15) is 0 Å². The smallest absolute Gasteiger partial charge is 0.227 e. The lowest BCUT2D eigenvalue weighted by atomic mass is 10.1. The first-order valence-corrected chi connectivity index (χ1v) is 4.97. The van der Waals surface area contributed by atoms with Crippen molar-refractivity contribution in [1.29, 1.82) is 0 Å². The normalized spacial score (nSPS) is 15.7. The van der Waals surface area contributed by atoms with E-state index < -0.39 is 0 Å². The zero-order valence-electron chi connectivity index (χ0n) is 9.06. The van der Waals surface area contributed by atoms with E-state index in [4.69, 9.17) is 0 Å². The summed E-state index contributed by atoms with van der Waals surface area (Å²) < 4.78 is 0. The molecule has 0 heterocycles. The molecule has 3 heteroatoms. The van der Waals surface area contributed by atoms with Gasteiger partial charge in [0.1, 0.15) is 6.29 Å². The number of aldehydes is 1. The Hall–Kier alpha value is -1.60. The molecule has 0 radical (unpaired) electrons. The largest absolute Gasteiger partial charge is 0.319 e. The summed E-state index contributed by atoms with van der Waals surface area (Å²) in [5, 5.41) is 0. The van der Waals surface area contributed by atoms with Crippen LogP contribution in [-0.4, -0.2) is 24.1 Å². The van der Waals surface area contributed by atoms with Crippen LogP contribution in [0.3, 0.4) is 0 Å². The standard InChI is InChI=1S/C12H15NO2/c1-10(9-14)8-12(15)13(2)11-6-4-3-5-7-11/h4-6,9-10H,7-8H2,1-2H3. The van der Waals surface area contributed by atoms with Crippen LogP contribution in [0.25, 0.3) is 0 Å². The van der Waals surface area contributed by atoms with Crippen LogP contribution in [-0.2, 0) is 9.59 Å². The SMILES string of the molecule is CC(C=O)CC(=O)N(C)C1=CC=C=CC1. The van der Waals surface area contributed by atoms with Crippen molar-refractivity contribution in [1.82, 2.24) is 4.90 Å². The topological polar surface area (TPSA) is 37.4 Å². The fourth-order valence-corrected chi connectivity index (χ4v) is 1.31. The van der Waals surface area contributed by atoms with E-state index in [1.54, 1.807) is 24.9 Å². The second kappa shape index (κ2) is 5.32. The molecule has 1 rings (SSSR count). The van der Waals surface area contributed by atoms with E-state index in [1.165, 1.54) is 0 Å². The van der Waals surface area contributed by atoms with Gasteiger partial charge in [-0.05, 0) is 18.2 Å². The van der Waals surface area contributed by atoms with Crippen molar-refractivity contribution in [3.05, 3.63) is 29.7 Å². The van der Waals surface area contributed by atoms with Crippen LogP contribution in [0.4, 0.5) is 0 Å². The third kappa shape index (κ3) is 3.22. The van der Waals surface area contributed by atoms with Gasteiger partial charge in [0.2, 0.25) is 5.91 Å². The van der Waals surface area contributed by atoms with Crippen molar-refractivity contribution in [2.75, 3.05) is 7.05 Å². The number of carbonyl (C=O) groups excluding carboxylic acids is 2. The lowest BCUT2D eigenvalue weighted by molar-refractivity contribution is -0.130. The van der Waals surface area contributed by atoms with Gasteiger partial charge in [0, 0.05) is 31.5 Å². The average Bonchev–Trinajstić information content (AvgIpc) is 2.29. The molecular weight excluding hydrogens is 190 g/mol. The van der Waals surface area contributed by atoms with E-state index in [0.29, 0.717) is 6.42 Å². The number of hydrogen-bond acceptors (Lipinski definition) is 2. The zero-order valence-corrected chi connectivity index (χ0v) is 9.06. The highest BCUT2D eigenvalue weighted by Gasteiger charge is 2.15. The minimum Gasteiger partial charge on any atom is -0.319 e. The minimum atomic E-state index is -0.213. The van der Waals surface area contributed by atoms with Crippen molar-refractivity contribution >= 4 is 12.2 Å². The number of carbonyl (C=O) groups is 2. The molecule has 1 amide bonds. The van der Waals surface area contributed by atoms with E-state index in [-0.39, 0.29) is 18.2 Å². The van der Waals surface area contributed by atoms with Gasteiger partial charge >= 0.3 is 0 Å². The summed E-state index contributed by atoms with van der Waals surface area (Å²) in [5.41, 5.74) is 3.88. The predicted octanol–water partition coefficient (Wildman–Crippen LogP) is 1.67. The van der Waals surface area contributed by atoms with E-state index in [1.807, 2.05) is 12.2 Å². The van der Waals surface area contributed by atoms with E-state index in [9.17, 15) is 9.59 Å². The van der Waals surface area contributed by atoms with Crippen LogP contribution in [0, 0.1) is 5.92 Å². The van der Waals surface area contributed by atoms with Crippen molar-refractivity contribution in [3.63, 3.8) is 0 Å².